The highest BCUT2D eigenvalue weighted by Gasteiger charge is 2.48. The molecule has 0 aromatic heterocycles. The Morgan fingerprint density at radius 1 is 1.41 bits per heavy atom. The van der Waals surface area contributed by atoms with Crippen LogP contribution in [0.15, 0.2) is 11.8 Å². The number of rotatable bonds is 5. The van der Waals surface area contributed by atoms with Crippen LogP contribution < -0.4 is 5.32 Å². The standard InChI is InChI=1S/C16H25NO5/c1-9(2)22-16-14-11(7-17-10(3)18)5-6-12(14)13(8-21-16)15(19)20-4/h8-9,11-12,14,16H,5-7H2,1-4H3,(H,17,18)/t11?,12?,14?,16-/m0/s1. The van der Waals surface area contributed by atoms with Gasteiger partial charge in [-0.05, 0) is 32.6 Å². The summed E-state index contributed by atoms with van der Waals surface area (Å²) in [6, 6.07) is 0. The topological polar surface area (TPSA) is 73.9 Å². The van der Waals surface area contributed by atoms with Gasteiger partial charge in [-0.25, -0.2) is 4.79 Å². The molecule has 0 spiro atoms. The summed E-state index contributed by atoms with van der Waals surface area (Å²) in [6.45, 7) is 5.99. The highest BCUT2D eigenvalue weighted by atomic mass is 16.7. The average molecular weight is 311 g/mol. The Labute approximate surface area is 131 Å². The minimum absolute atomic E-state index is 0.0285. The van der Waals surface area contributed by atoms with E-state index in [9.17, 15) is 9.59 Å². The van der Waals surface area contributed by atoms with Gasteiger partial charge in [0.05, 0.1) is 25.0 Å². The second kappa shape index (κ2) is 7.13. The van der Waals surface area contributed by atoms with E-state index in [-0.39, 0.29) is 42.0 Å². The largest absolute Gasteiger partial charge is 0.472 e. The fraction of sp³-hybridized carbons (Fsp3) is 0.750. The Morgan fingerprint density at radius 2 is 2.14 bits per heavy atom. The predicted molar refractivity (Wildman–Crippen MR) is 79.6 cm³/mol. The number of amides is 1. The lowest BCUT2D eigenvalue weighted by atomic mass is 9.82. The van der Waals surface area contributed by atoms with Crippen LogP contribution in [0.2, 0.25) is 0 Å². The van der Waals surface area contributed by atoms with E-state index in [0.717, 1.165) is 12.8 Å². The van der Waals surface area contributed by atoms with Crippen LogP contribution in [0.25, 0.3) is 0 Å². The molecule has 1 saturated carbocycles. The van der Waals surface area contributed by atoms with Crippen LogP contribution in [-0.2, 0) is 23.8 Å². The van der Waals surface area contributed by atoms with Crippen molar-refractivity contribution in [2.75, 3.05) is 13.7 Å². The van der Waals surface area contributed by atoms with E-state index in [2.05, 4.69) is 5.32 Å². The van der Waals surface area contributed by atoms with Crippen LogP contribution >= 0.6 is 0 Å². The zero-order chi connectivity index (χ0) is 16.3. The molecule has 0 aromatic carbocycles. The molecule has 1 N–H and O–H groups in total. The summed E-state index contributed by atoms with van der Waals surface area (Å²) >= 11 is 0. The molecule has 1 aliphatic carbocycles. The molecule has 22 heavy (non-hydrogen) atoms. The van der Waals surface area contributed by atoms with Crippen molar-refractivity contribution >= 4 is 11.9 Å². The SMILES string of the molecule is COC(=O)C1=CO[C@@H](OC(C)C)C2C(CNC(C)=O)CCC12. The maximum absolute atomic E-state index is 11.9. The first-order chi connectivity index (χ1) is 10.4. The van der Waals surface area contributed by atoms with Crippen molar-refractivity contribution in [3.8, 4) is 0 Å². The van der Waals surface area contributed by atoms with Crippen molar-refractivity contribution in [2.24, 2.45) is 17.8 Å². The molecule has 0 bridgehead atoms. The van der Waals surface area contributed by atoms with Crippen molar-refractivity contribution in [3.05, 3.63) is 11.8 Å². The lowest BCUT2D eigenvalue weighted by Crippen LogP contribution is -2.42. The lowest BCUT2D eigenvalue weighted by molar-refractivity contribution is -0.184. The average Bonchev–Trinajstić information content (AvgIpc) is 2.88. The summed E-state index contributed by atoms with van der Waals surface area (Å²) in [7, 11) is 1.37. The molecule has 1 amide bonds. The second-order valence-electron chi connectivity index (χ2n) is 6.21. The van der Waals surface area contributed by atoms with Gasteiger partial charge in [0, 0.05) is 25.3 Å². The summed E-state index contributed by atoms with van der Waals surface area (Å²) in [5, 5.41) is 2.87. The molecule has 6 nitrogen and oxygen atoms in total. The van der Waals surface area contributed by atoms with E-state index >= 15 is 0 Å². The maximum atomic E-state index is 11.9. The van der Waals surface area contributed by atoms with Crippen LogP contribution in [0.4, 0.5) is 0 Å². The molecular weight excluding hydrogens is 286 g/mol. The fourth-order valence-corrected chi connectivity index (χ4v) is 3.42. The zero-order valence-electron chi connectivity index (χ0n) is 13.6. The van der Waals surface area contributed by atoms with E-state index in [1.807, 2.05) is 13.8 Å². The highest BCUT2D eigenvalue weighted by Crippen LogP contribution is 2.47. The molecule has 4 atom stereocenters. The van der Waals surface area contributed by atoms with Gasteiger partial charge in [0.2, 0.25) is 12.2 Å². The number of methoxy groups -OCH3 is 1. The normalized spacial score (nSPS) is 30.3. The third-order valence-electron chi connectivity index (χ3n) is 4.34. The van der Waals surface area contributed by atoms with Crippen molar-refractivity contribution in [2.45, 2.75) is 46.0 Å². The maximum Gasteiger partial charge on any atom is 0.337 e. The van der Waals surface area contributed by atoms with Crippen LogP contribution in [0.3, 0.4) is 0 Å². The molecule has 0 radical (unpaired) electrons. The van der Waals surface area contributed by atoms with Gasteiger partial charge in [0.1, 0.15) is 0 Å². The Kier molecular flexibility index (Phi) is 5.45. The van der Waals surface area contributed by atoms with Crippen molar-refractivity contribution in [1.82, 2.24) is 5.32 Å². The third kappa shape index (κ3) is 3.61. The molecule has 3 unspecified atom stereocenters. The number of hydrogen-bond acceptors (Lipinski definition) is 5. The van der Waals surface area contributed by atoms with E-state index < -0.39 is 0 Å². The molecule has 6 heteroatoms. The van der Waals surface area contributed by atoms with Gasteiger partial charge in [0.25, 0.3) is 0 Å². The summed E-state index contributed by atoms with van der Waals surface area (Å²) in [4.78, 5) is 23.1. The van der Waals surface area contributed by atoms with Crippen molar-refractivity contribution in [3.63, 3.8) is 0 Å². The monoisotopic (exact) mass is 311 g/mol. The number of hydrogen-bond donors (Lipinski definition) is 1. The molecule has 1 fully saturated rings. The van der Waals surface area contributed by atoms with E-state index in [1.54, 1.807) is 0 Å². The third-order valence-corrected chi connectivity index (χ3v) is 4.34. The quantitative estimate of drug-likeness (QED) is 0.781. The smallest absolute Gasteiger partial charge is 0.337 e. The Balaban J connectivity index is 2.18. The van der Waals surface area contributed by atoms with Gasteiger partial charge >= 0.3 is 5.97 Å². The summed E-state index contributed by atoms with van der Waals surface area (Å²) in [5.41, 5.74) is 0.571. The Hall–Kier alpha value is -1.56. The van der Waals surface area contributed by atoms with Crippen LogP contribution in [-0.4, -0.2) is 37.9 Å². The van der Waals surface area contributed by atoms with E-state index in [4.69, 9.17) is 14.2 Å². The second-order valence-corrected chi connectivity index (χ2v) is 6.21. The predicted octanol–water partition coefficient (Wildman–Crippen LogP) is 1.60. The Bertz CT molecular complexity index is 459. The van der Waals surface area contributed by atoms with Crippen LogP contribution in [0.5, 0.6) is 0 Å². The molecule has 2 rings (SSSR count). The highest BCUT2D eigenvalue weighted by molar-refractivity contribution is 5.89. The molecule has 0 saturated heterocycles. The molecule has 2 aliphatic rings. The summed E-state index contributed by atoms with van der Waals surface area (Å²) < 4.78 is 16.4. The first-order valence-corrected chi connectivity index (χ1v) is 7.77. The number of esters is 1. The number of carbonyl (C=O) groups is 2. The van der Waals surface area contributed by atoms with Gasteiger partial charge in [-0.1, -0.05) is 0 Å². The van der Waals surface area contributed by atoms with Crippen molar-refractivity contribution < 1.29 is 23.8 Å². The molecule has 0 aromatic rings. The van der Waals surface area contributed by atoms with Gasteiger partial charge in [-0.3, -0.25) is 4.79 Å². The minimum Gasteiger partial charge on any atom is -0.472 e. The first kappa shape index (κ1) is 16.8. The van der Waals surface area contributed by atoms with E-state index in [0.29, 0.717) is 12.1 Å². The van der Waals surface area contributed by atoms with E-state index in [1.165, 1.54) is 20.3 Å². The van der Waals surface area contributed by atoms with Gasteiger partial charge in [0.15, 0.2) is 0 Å². The molecule has 124 valence electrons. The van der Waals surface area contributed by atoms with Gasteiger partial charge in [-0.2, -0.15) is 0 Å². The molecule has 1 heterocycles. The Morgan fingerprint density at radius 3 is 2.73 bits per heavy atom. The lowest BCUT2D eigenvalue weighted by Gasteiger charge is -2.36. The fourth-order valence-electron chi connectivity index (χ4n) is 3.42. The number of ether oxygens (including phenoxy) is 3. The number of nitrogens with one attached hydrogen (secondary N) is 1. The molecular formula is C16H25NO5. The zero-order valence-corrected chi connectivity index (χ0v) is 13.6. The summed E-state index contributed by atoms with van der Waals surface area (Å²) in [6.07, 6.45) is 2.92. The minimum atomic E-state index is -0.389. The number of carbonyl (C=O) groups excluding carboxylic acids is 2. The number of fused-ring (bicyclic) bond motifs is 1. The van der Waals surface area contributed by atoms with Gasteiger partial charge < -0.3 is 19.5 Å². The molecule has 1 aliphatic heterocycles. The summed E-state index contributed by atoms with van der Waals surface area (Å²) in [5.74, 6) is -0.0634. The first-order valence-electron chi connectivity index (χ1n) is 7.77. The van der Waals surface area contributed by atoms with Gasteiger partial charge in [-0.15, -0.1) is 0 Å². The van der Waals surface area contributed by atoms with Crippen molar-refractivity contribution in [1.29, 1.82) is 0 Å². The van der Waals surface area contributed by atoms with Crippen LogP contribution in [0.1, 0.15) is 33.6 Å². The van der Waals surface area contributed by atoms with Crippen LogP contribution in [0, 0.1) is 17.8 Å².